The van der Waals surface area contributed by atoms with Crippen molar-refractivity contribution in [3.8, 4) is 17.2 Å². The smallest absolute Gasteiger partial charge is 0.260 e. The minimum atomic E-state index is -0.902. The van der Waals surface area contributed by atoms with Gasteiger partial charge in [0.1, 0.15) is 17.1 Å². The summed E-state index contributed by atoms with van der Waals surface area (Å²) in [5.41, 5.74) is 5.37. The van der Waals surface area contributed by atoms with Gasteiger partial charge in [0.05, 0.1) is 19.3 Å². The van der Waals surface area contributed by atoms with Crippen molar-refractivity contribution < 1.29 is 18.4 Å². The molecule has 2 aromatic rings. The first-order valence-corrected chi connectivity index (χ1v) is 6.52. The zero-order chi connectivity index (χ0) is 15.5. The Morgan fingerprint density at radius 1 is 1.43 bits per heavy atom. The Kier molecular flexibility index (Phi) is 4.54. The van der Waals surface area contributed by atoms with Crippen LogP contribution in [0.25, 0.3) is 11.5 Å². The van der Waals surface area contributed by atoms with E-state index in [0.29, 0.717) is 12.4 Å². The van der Waals surface area contributed by atoms with Crippen LogP contribution < -0.4 is 10.5 Å². The Labute approximate surface area is 122 Å². The number of benzene rings is 1. The molecular weight excluding hydrogens is 277 g/mol. The number of rotatable bonds is 6. The van der Waals surface area contributed by atoms with Crippen molar-refractivity contribution in [3.63, 3.8) is 0 Å². The van der Waals surface area contributed by atoms with Crippen LogP contribution in [-0.4, -0.2) is 30.5 Å². The molecule has 6 nitrogen and oxygen atoms in total. The Bertz CT molecular complexity index is 613. The molecular formula is C14H18FN3O3. The lowest BCUT2D eigenvalue weighted by atomic mass is 10.1. The summed E-state index contributed by atoms with van der Waals surface area (Å²) in [6.45, 7) is 4.37. The van der Waals surface area contributed by atoms with E-state index in [-0.39, 0.29) is 23.9 Å². The molecule has 0 radical (unpaired) electrons. The van der Waals surface area contributed by atoms with Gasteiger partial charge in [-0.2, -0.15) is 4.98 Å². The van der Waals surface area contributed by atoms with Gasteiger partial charge in [0.15, 0.2) is 5.82 Å². The normalized spacial score (nSPS) is 14.0. The number of halogens is 1. The van der Waals surface area contributed by atoms with Crippen LogP contribution >= 0.6 is 0 Å². The molecule has 1 atom stereocenters. The van der Waals surface area contributed by atoms with Gasteiger partial charge >= 0.3 is 0 Å². The summed E-state index contributed by atoms with van der Waals surface area (Å²) in [5, 5.41) is 3.81. The molecule has 0 amide bonds. The van der Waals surface area contributed by atoms with Crippen molar-refractivity contribution in [2.45, 2.75) is 19.4 Å². The van der Waals surface area contributed by atoms with E-state index in [9.17, 15) is 4.39 Å². The number of aromatic nitrogens is 2. The van der Waals surface area contributed by atoms with Crippen molar-refractivity contribution in [1.29, 1.82) is 0 Å². The van der Waals surface area contributed by atoms with E-state index in [1.54, 1.807) is 13.0 Å². The number of hydrogen-bond acceptors (Lipinski definition) is 6. The van der Waals surface area contributed by atoms with E-state index in [2.05, 4.69) is 10.1 Å². The van der Waals surface area contributed by atoms with Crippen LogP contribution in [0.5, 0.6) is 5.75 Å². The molecule has 0 aliphatic carbocycles. The van der Waals surface area contributed by atoms with E-state index < -0.39 is 11.4 Å². The molecule has 1 heterocycles. The number of ether oxygens (including phenoxy) is 2. The maximum Gasteiger partial charge on any atom is 0.260 e. The van der Waals surface area contributed by atoms with Gasteiger partial charge < -0.3 is 19.7 Å². The lowest BCUT2D eigenvalue weighted by molar-refractivity contribution is 0.0962. The Morgan fingerprint density at radius 3 is 2.81 bits per heavy atom. The van der Waals surface area contributed by atoms with E-state index in [0.717, 1.165) is 0 Å². The molecule has 0 fully saturated rings. The minimum absolute atomic E-state index is 0.0679. The Morgan fingerprint density at radius 2 is 2.19 bits per heavy atom. The largest absolute Gasteiger partial charge is 0.497 e. The fourth-order valence-electron chi connectivity index (χ4n) is 1.74. The first kappa shape index (κ1) is 15.4. The van der Waals surface area contributed by atoms with Crippen LogP contribution in [0.1, 0.15) is 19.7 Å². The topological polar surface area (TPSA) is 83.4 Å². The third-order valence-electron chi connectivity index (χ3n) is 2.95. The van der Waals surface area contributed by atoms with Gasteiger partial charge in [-0.3, -0.25) is 0 Å². The second kappa shape index (κ2) is 6.19. The molecule has 0 saturated carbocycles. The van der Waals surface area contributed by atoms with Crippen LogP contribution in [0.3, 0.4) is 0 Å². The fraction of sp³-hybridized carbons (Fsp3) is 0.429. The molecule has 0 aliphatic heterocycles. The zero-order valence-corrected chi connectivity index (χ0v) is 12.2. The van der Waals surface area contributed by atoms with Crippen molar-refractivity contribution >= 4 is 0 Å². The van der Waals surface area contributed by atoms with Gasteiger partial charge in [0.25, 0.3) is 5.89 Å². The molecule has 2 rings (SSSR count). The van der Waals surface area contributed by atoms with Crippen LogP contribution in [0, 0.1) is 5.82 Å². The molecule has 7 heteroatoms. The summed E-state index contributed by atoms with van der Waals surface area (Å²) in [5.74, 6) is 0.239. The summed E-state index contributed by atoms with van der Waals surface area (Å²) in [7, 11) is 1.47. The molecule has 0 bridgehead atoms. The van der Waals surface area contributed by atoms with Crippen LogP contribution in [0.2, 0.25) is 0 Å². The zero-order valence-electron chi connectivity index (χ0n) is 12.2. The lowest BCUT2D eigenvalue weighted by Gasteiger charge is -2.19. The highest BCUT2D eigenvalue weighted by Gasteiger charge is 2.28. The SMILES string of the molecule is CCOCC(C)(N)c1noc(-c2ccc(OC)cc2F)n1. The number of nitrogens with zero attached hydrogens (tertiary/aromatic N) is 2. The van der Waals surface area contributed by atoms with E-state index >= 15 is 0 Å². The summed E-state index contributed by atoms with van der Waals surface area (Å²) in [4.78, 5) is 4.16. The van der Waals surface area contributed by atoms with Gasteiger partial charge in [-0.15, -0.1) is 0 Å². The van der Waals surface area contributed by atoms with E-state index in [1.165, 1.54) is 19.2 Å². The van der Waals surface area contributed by atoms with Crippen molar-refractivity contribution in [2.24, 2.45) is 5.73 Å². The highest BCUT2D eigenvalue weighted by molar-refractivity contribution is 5.55. The Hall–Kier alpha value is -1.99. The molecule has 21 heavy (non-hydrogen) atoms. The third kappa shape index (κ3) is 3.37. The average Bonchev–Trinajstić information content (AvgIpc) is 2.95. The highest BCUT2D eigenvalue weighted by Crippen LogP contribution is 2.26. The second-order valence-corrected chi connectivity index (χ2v) is 4.82. The van der Waals surface area contributed by atoms with Crippen molar-refractivity contribution in [1.82, 2.24) is 10.1 Å². The third-order valence-corrected chi connectivity index (χ3v) is 2.95. The van der Waals surface area contributed by atoms with E-state index in [4.69, 9.17) is 19.7 Å². The highest BCUT2D eigenvalue weighted by atomic mass is 19.1. The van der Waals surface area contributed by atoms with Crippen LogP contribution in [0.15, 0.2) is 22.7 Å². The van der Waals surface area contributed by atoms with Gasteiger partial charge in [0, 0.05) is 12.7 Å². The van der Waals surface area contributed by atoms with Crippen LogP contribution in [0.4, 0.5) is 4.39 Å². The predicted molar refractivity (Wildman–Crippen MR) is 74.3 cm³/mol. The maximum absolute atomic E-state index is 14.0. The molecule has 1 unspecified atom stereocenters. The predicted octanol–water partition coefficient (Wildman–Crippen LogP) is 2.09. The standard InChI is InChI=1S/C14H18FN3O3/c1-4-20-8-14(2,16)13-17-12(21-18-13)10-6-5-9(19-3)7-11(10)15/h5-7H,4,8,16H2,1-3H3. The molecule has 1 aromatic heterocycles. The Balaban J connectivity index is 2.27. The average molecular weight is 295 g/mol. The molecule has 0 aliphatic rings. The molecule has 0 saturated heterocycles. The van der Waals surface area contributed by atoms with Crippen molar-refractivity contribution in [2.75, 3.05) is 20.3 Å². The first-order valence-electron chi connectivity index (χ1n) is 6.52. The molecule has 2 N–H and O–H groups in total. The van der Waals surface area contributed by atoms with Gasteiger partial charge in [-0.1, -0.05) is 5.16 Å². The van der Waals surface area contributed by atoms with E-state index in [1.807, 2.05) is 6.92 Å². The number of methoxy groups -OCH3 is 1. The van der Waals surface area contributed by atoms with Gasteiger partial charge in [0.2, 0.25) is 0 Å². The van der Waals surface area contributed by atoms with Crippen LogP contribution in [-0.2, 0) is 10.3 Å². The second-order valence-electron chi connectivity index (χ2n) is 4.82. The maximum atomic E-state index is 14.0. The van der Waals surface area contributed by atoms with Gasteiger partial charge in [-0.25, -0.2) is 4.39 Å². The molecule has 0 spiro atoms. The summed E-state index contributed by atoms with van der Waals surface area (Å²) >= 11 is 0. The summed E-state index contributed by atoms with van der Waals surface area (Å²) < 4.78 is 29.3. The minimum Gasteiger partial charge on any atom is -0.497 e. The summed E-state index contributed by atoms with van der Waals surface area (Å²) in [6, 6.07) is 4.38. The molecule has 1 aromatic carbocycles. The molecule has 114 valence electrons. The first-order chi connectivity index (χ1) is 9.97. The summed E-state index contributed by atoms with van der Waals surface area (Å²) in [6.07, 6.45) is 0. The monoisotopic (exact) mass is 295 g/mol. The van der Waals surface area contributed by atoms with Gasteiger partial charge in [-0.05, 0) is 26.0 Å². The number of hydrogen-bond donors (Lipinski definition) is 1. The quantitative estimate of drug-likeness (QED) is 0.878. The number of nitrogens with two attached hydrogens (primary N) is 1. The lowest BCUT2D eigenvalue weighted by Crippen LogP contribution is -2.39. The fourth-order valence-corrected chi connectivity index (χ4v) is 1.74. The van der Waals surface area contributed by atoms with Crippen molar-refractivity contribution in [3.05, 3.63) is 29.8 Å².